The van der Waals surface area contributed by atoms with Crippen LogP contribution in [0.15, 0.2) is 59.0 Å². The number of aryl methyl sites for hydroxylation is 1. The van der Waals surface area contributed by atoms with Crippen molar-refractivity contribution in [2.45, 2.75) is 19.4 Å². The Kier molecular flexibility index (Phi) is 5.39. The van der Waals surface area contributed by atoms with Gasteiger partial charge < -0.3 is 19.2 Å². The van der Waals surface area contributed by atoms with Crippen LogP contribution in [0.25, 0.3) is 22.1 Å². The van der Waals surface area contributed by atoms with Crippen LogP contribution in [0.5, 0.6) is 0 Å². The van der Waals surface area contributed by atoms with Crippen molar-refractivity contribution in [3.8, 4) is 0 Å². The molecule has 164 valence electrons. The number of aromatic nitrogens is 1. The van der Waals surface area contributed by atoms with E-state index in [1.54, 1.807) is 0 Å². The normalized spacial score (nSPS) is 14.9. The topological polar surface area (TPSA) is 67.5 Å². The van der Waals surface area contributed by atoms with Gasteiger partial charge in [-0.1, -0.05) is 41.9 Å². The summed E-state index contributed by atoms with van der Waals surface area (Å²) in [5.74, 6) is -0.118. The fraction of sp³-hybridized carbons (Fsp3) is 0.280. The zero-order valence-electron chi connectivity index (χ0n) is 17.8. The molecule has 1 fully saturated rings. The lowest BCUT2D eigenvalue weighted by Gasteiger charge is -2.31. The molecule has 0 atom stereocenters. The molecule has 0 radical (unpaired) electrons. The molecule has 2 aromatic heterocycles. The number of benzene rings is 2. The molecule has 5 rings (SSSR count). The quantitative estimate of drug-likeness (QED) is 0.489. The number of carbonyl (C=O) groups excluding carboxylic acids is 2. The average molecular weight is 450 g/mol. The second-order valence-corrected chi connectivity index (χ2v) is 8.68. The van der Waals surface area contributed by atoms with Crippen molar-refractivity contribution in [1.29, 1.82) is 0 Å². The van der Waals surface area contributed by atoms with E-state index < -0.39 is 0 Å². The second kappa shape index (κ2) is 8.36. The van der Waals surface area contributed by atoms with Crippen molar-refractivity contribution in [2.24, 2.45) is 13.0 Å². The van der Waals surface area contributed by atoms with E-state index in [0.29, 0.717) is 48.8 Å². The first-order valence-corrected chi connectivity index (χ1v) is 11.2. The van der Waals surface area contributed by atoms with Crippen molar-refractivity contribution in [2.75, 3.05) is 13.1 Å². The van der Waals surface area contributed by atoms with E-state index in [4.69, 9.17) is 16.0 Å². The lowest BCUT2D eigenvalue weighted by molar-refractivity contribution is -0.126. The Morgan fingerprint density at radius 2 is 1.78 bits per heavy atom. The summed E-state index contributed by atoms with van der Waals surface area (Å²) in [6.45, 7) is 1.51. The van der Waals surface area contributed by atoms with Gasteiger partial charge in [-0.3, -0.25) is 9.59 Å². The summed E-state index contributed by atoms with van der Waals surface area (Å²) in [7, 11) is 1.90. The lowest BCUT2D eigenvalue weighted by atomic mass is 9.95. The Bertz CT molecular complexity index is 1310. The molecule has 0 bridgehead atoms. The first-order valence-electron chi connectivity index (χ1n) is 10.8. The van der Waals surface area contributed by atoms with Crippen LogP contribution >= 0.6 is 11.6 Å². The zero-order valence-corrected chi connectivity index (χ0v) is 18.6. The number of halogens is 1. The van der Waals surface area contributed by atoms with Crippen molar-refractivity contribution >= 4 is 45.5 Å². The van der Waals surface area contributed by atoms with Crippen LogP contribution in [0.4, 0.5) is 0 Å². The largest absolute Gasteiger partial charge is 0.454 e. The molecule has 0 spiro atoms. The molecule has 4 aromatic rings. The first-order chi connectivity index (χ1) is 15.5. The van der Waals surface area contributed by atoms with Gasteiger partial charge >= 0.3 is 0 Å². The third-order valence-corrected chi connectivity index (χ3v) is 6.71. The van der Waals surface area contributed by atoms with Crippen LogP contribution in [0.3, 0.4) is 0 Å². The highest BCUT2D eigenvalue weighted by atomic mass is 35.5. The molecule has 0 saturated carbocycles. The molecule has 0 aliphatic carbocycles. The van der Waals surface area contributed by atoms with Gasteiger partial charge in [-0.05, 0) is 36.6 Å². The van der Waals surface area contributed by atoms with E-state index in [0.717, 1.165) is 22.0 Å². The van der Waals surface area contributed by atoms with Crippen LogP contribution in [0.2, 0.25) is 5.02 Å². The van der Waals surface area contributed by atoms with Crippen molar-refractivity contribution < 1.29 is 14.0 Å². The molecule has 6 nitrogen and oxygen atoms in total. The average Bonchev–Trinajstić information content (AvgIpc) is 3.34. The standard InChI is InChI=1S/C25H24ClN3O3/c1-28-20(14-22-23(28)18-7-3-5-9-21(18)32-22)25(31)29-12-10-16(11-13-29)24(30)27-15-17-6-2-4-8-19(17)26/h2-9,14,16H,10-13,15H2,1H3,(H,27,30). The van der Waals surface area contributed by atoms with Gasteiger partial charge in [0.05, 0.1) is 5.52 Å². The number of amides is 2. The molecule has 1 N–H and O–H groups in total. The van der Waals surface area contributed by atoms with Crippen molar-refractivity contribution in [3.05, 3.63) is 70.9 Å². The number of furan rings is 1. The molecular formula is C25H24ClN3O3. The Balaban J connectivity index is 1.23. The van der Waals surface area contributed by atoms with Crippen LogP contribution in [-0.4, -0.2) is 34.4 Å². The summed E-state index contributed by atoms with van der Waals surface area (Å²) < 4.78 is 7.83. The maximum atomic E-state index is 13.2. The third kappa shape index (κ3) is 3.65. The van der Waals surface area contributed by atoms with Gasteiger partial charge in [0.1, 0.15) is 11.3 Å². The van der Waals surface area contributed by atoms with Gasteiger partial charge in [-0.25, -0.2) is 0 Å². The number of hydrogen-bond donors (Lipinski definition) is 1. The molecule has 1 aliphatic heterocycles. The van der Waals surface area contributed by atoms with Crippen LogP contribution < -0.4 is 5.32 Å². The maximum Gasteiger partial charge on any atom is 0.270 e. The predicted molar refractivity (Wildman–Crippen MR) is 125 cm³/mol. The SMILES string of the molecule is Cn1c(C(=O)N2CCC(C(=O)NCc3ccccc3Cl)CC2)cc2oc3ccccc3c21. The highest BCUT2D eigenvalue weighted by molar-refractivity contribution is 6.31. The van der Waals surface area contributed by atoms with E-state index >= 15 is 0 Å². The van der Waals surface area contributed by atoms with Gasteiger partial charge in [0, 0.05) is 49.1 Å². The smallest absolute Gasteiger partial charge is 0.270 e. The van der Waals surface area contributed by atoms with Gasteiger partial charge in [0.2, 0.25) is 5.91 Å². The number of fused-ring (bicyclic) bond motifs is 3. The van der Waals surface area contributed by atoms with E-state index in [1.165, 1.54) is 0 Å². The first kappa shape index (κ1) is 20.6. The Labute approximate surface area is 190 Å². The molecule has 2 amide bonds. The summed E-state index contributed by atoms with van der Waals surface area (Å²) in [5, 5.41) is 4.63. The van der Waals surface area contributed by atoms with Crippen molar-refractivity contribution in [3.63, 3.8) is 0 Å². The molecular weight excluding hydrogens is 426 g/mol. The maximum absolute atomic E-state index is 13.2. The summed E-state index contributed by atoms with van der Waals surface area (Å²) in [5.41, 5.74) is 3.96. The number of nitrogens with zero attached hydrogens (tertiary/aromatic N) is 2. The summed E-state index contributed by atoms with van der Waals surface area (Å²) in [6, 6.07) is 17.1. The lowest BCUT2D eigenvalue weighted by Crippen LogP contribution is -2.43. The van der Waals surface area contributed by atoms with E-state index in [1.807, 2.05) is 71.1 Å². The number of rotatable bonds is 4. The van der Waals surface area contributed by atoms with Gasteiger partial charge in [0.15, 0.2) is 5.58 Å². The zero-order chi connectivity index (χ0) is 22.2. The number of para-hydroxylation sites is 1. The minimum Gasteiger partial charge on any atom is -0.454 e. The molecule has 2 aromatic carbocycles. The van der Waals surface area contributed by atoms with Gasteiger partial charge in [0.25, 0.3) is 5.91 Å². The van der Waals surface area contributed by atoms with E-state index in [9.17, 15) is 9.59 Å². The monoisotopic (exact) mass is 449 g/mol. The molecule has 32 heavy (non-hydrogen) atoms. The molecule has 1 saturated heterocycles. The fourth-order valence-electron chi connectivity index (χ4n) is 4.52. The van der Waals surface area contributed by atoms with E-state index in [2.05, 4.69) is 5.32 Å². The second-order valence-electron chi connectivity index (χ2n) is 8.28. The number of likely N-dealkylation sites (tertiary alicyclic amines) is 1. The summed E-state index contributed by atoms with van der Waals surface area (Å²) in [4.78, 5) is 27.6. The van der Waals surface area contributed by atoms with Crippen molar-refractivity contribution in [1.82, 2.24) is 14.8 Å². The predicted octanol–water partition coefficient (Wildman–Crippen LogP) is 4.75. The minimum absolute atomic E-state index is 0.0138. The number of nitrogens with one attached hydrogen (secondary N) is 1. The Hall–Kier alpha value is -3.25. The molecule has 3 heterocycles. The van der Waals surface area contributed by atoms with Crippen LogP contribution in [0, 0.1) is 5.92 Å². The summed E-state index contributed by atoms with van der Waals surface area (Å²) in [6.07, 6.45) is 1.28. The summed E-state index contributed by atoms with van der Waals surface area (Å²) >= 11 is 6.17. The van der Waals surface area contributed by atoms with Gasteiger partial charge in [-0.2, -0.15) is 0 Å². The molecule has 7 heteroatoms. The Morgan fingerprint density at radius 3 is 2.56 bits per heavy atom. The van der Waals surface area contributed by atoms with Crippen LogP contribution in [-0.2, 0) is 18.4 Å². The van der Waals surface area contributed by atoms with E-state index in [-0.39, 0.29) is 17.7 Å². The van der Waals surface area contributed by atoms with Crippen LogP contribution in [0.1, 0.15) is 28.9 Å². The highest BCUT2D eigenvalue weighted by Gasteiger charge is 2.29. The minimum atomic E-state index is -0.102. The number of piperidine rings is 1. The number of carbonyl (C=O) groups is 2. The highest BCUT2D eigenvalue weighted by Crippen LogP contribution is 2.31. The third-order valence-electron chi connectivity index (χ3n) is 6.34. The molecule has 0 unspecified atom stereocenters. The van der Waals surface area contributed by atoms with Gasteiger partial charge in [-0.15, -0.1) is 0 Å². The molecule has 1 aliphatic rings. The number of hydrogen-bond acceptors (Lipinski definition) is 3. The fourth-order valence-corrected chi connectivity index (χ4v) is 4.72. The Morgan fingerprint density at radius 1 is 1.06 bits per heavy atom.